The maximum atomic E-state index is 11.4. The molecule has 1 N–H and O–H groups in total. The predicted molar refractivity (Wildman–Crippen MR) is 79.6 cm³/mol. The second kappa shape index (κ2) is 6.63. The topological polar surface area (TPSA) is 66.8 Å². The summed E-state index contributed by atoms with van der Waals surface area (Å²) in [5, 5.41) is 9.38. The number of ether oxygens (including phenoxy) is 1. The van der Waals surface area contributed by atoms with E-state index in [0.29, 0.717) is 36.5 Å². The first-order valence-electron chi connectivity index (χ1n) is 6.56. The Labute approximate surface area is 127 Å². The van der Waals surface area contributed by atoms with Crippen LogP contribution in [0.5, 0.6) is 0 Å². The molecule has 0 bridgehead atoms. The van der Waals surface area contributed by atoms with Crippen molar-refractivity contribution in [3.8, 4) is 0 Å². The number of piperidine rings is 1. The number of carboxylic acid groups (broad SMARTS) is 1. The monoisotopic (exact) mass is 309 g/mol. The predicted octanol–water partition coefficient (Wildman–Crippen LogP) is 3.28. The number of carbonyl (C=O) groups is 2. The summed E-state index contributed by atoms with van der Waals surface area (Å²) in [4.78, 5) is 23.7. The summed E-state index contributed by atoms with van der Waals surface area (Å²) in [5.41, 5.74) is 2.38. The Morgan fingerprint density at radius 1 is 1.33 bits per heavy atom. The van der Waals surface area contributed by atoms with Crippen LogP contribution in [0.2, 0.25) is 5.02 Å². The van der Waals surface area contributed by atoms with Gasteiger partial charge in [-0.1, -0.05) is 29.3 Å². The molecule has 0 spiro atoms. The van der Waals surface area contributed by atoms with E-state index in [1.54, 1.807) is 18.2 Å². The van der Waals surface area contributed by atoms with Gasteiger partial charge in [-0.3, -0.25) is 0 Å². The Bertz CT molecular complexity index is 587. The molecule has 1 amide bonds. The van der Waals surface area contributed by atoms with Crippen LogP contribution in [0.15, 0.2) is 23.8 Å². The highest BCUT2D eigenvalue weighted by molar-refractivity contribution is 6.32. The minimum absolute atomic E-state index is 0.408. The molecular formula is C15H16ClNO4. The van der Waals surface area contributed by atoms with Crippen molar-refractivity contribution in [2.75, 3.05) is 20.2 Å². The minimum Gasteiger partial charge on any atom is -0.465 e. The molecule has 21 heavy (non-hydrogen) atoms. The minimum atomic E-state index is -0.880. The summed E-state index contributed by atoms with van der Waals surface area (Å²) < 4.78 is 4.64. The van der Waals surface area contributed by atoms with Gasteiger partial charge in [0.05, 0.1) is 12.7 Å². The molecule has 5 nitrogen and oxygen atoms in total. The van der Waals surface area contributed by atoms with E-state index in [9.17, 15) is 9.59 Å². The third-order valence-electron chi connectivity index (χ3n) is 3.46. The molecule has 0 saturated carbocycles. The first-order chi connectivity index (χ1) is 10.0. The maximum absolute atomic E-state index is 11.4. The van der Waals surface area contributed by atoms with Crippen LogP contribution in [0.1, 0.15) is 28.8 Å². The lowest BCUT2D eigenvalue weighted by atomic mass is 10.0. The van der Waals surface area contributed by atoms with Crippen LogP contribution in [0.25, 0.3) is 6.08 Å². The van der Waals surface area contributed by atoms with Crippen LogP contribution in [-0.2, 0) is 4.74 Å². The molecule has 0 radical (unpaired) electrons. The molecule has 0 aromatic heterocycles. The summed E-state index contributed by atoms with van der Waals surface area (Å²) in [7, 11) is 1.32. The van der Waals surface area contributed by atoms with E-state index in [0.717, 1.165) is 11.1 Å². The number of carbonyl (C=O) groups excluding carboxylic acids is 1. The van der Waals surface area contributed by atoms with Gasteiger partial charge in [0.25, 0.3) is 0 Å². The molecule has 0 unspecified atom stereocenters. The van der Waals surface area contributed by atoms with Crippen molar-refractivity contribution in [2.24, 2.45) is 0 Å². The Morgan fingerprint density at radius 3 is 2.52 bits per heavy atom. The second-order valence-electron chi connectivity index (χ2n) is 4.80. The van der Waals surface area contributed by atoms with Crippen LogP contribution in [0.3, 0.4) is 0 Å². The highest BCUT2D eigenvalue weighted by atomic mass is 35.5. The zero-order chi connectivity index (χ0) is 15.4. The van der Waals surface area contributed by atoms with E-state index in [1.165, 1.54) is 12.0 Å². The number of rotatable bonds is 2. The third-order valence-corrected chi connectivity index (χ3v) is 3.78. The summed E-state index contributed by atoms with van der Waals surface area (Å²) >= 11 is 6.17. The Morgan fingerprint density at radius 2 is 2.00 bits per heavy atom. The number of halogens is 1. The largest absolute Gasteiger partial charge is 0.465 e. The van der Waals surface area contributed by atoms with E-state index < -0.39 is 12.1 Å². The van der Waals surface area contributed by atoms with Crippen molar-refractivity contribution in [1.29, 1.82) is 0 Å². The van der Waals surface area contributed by atoms with Crippen molar-refractivity contribution < 1.29 is 19.4 Å². The lowest BCUT2D eigenvalue weighted by molar-refractivity contribution is 0.0600. The molecule has 0 aliphatic carbocycles. The highest BCUT2D eigenvalue weighted by Gasteiger charge is 2.18. The summed E-state index contributed by atoms with van der Waals surface area (Å²) in [5.74, 6) is -0.425. The highest BCUT2D eigenvalue weighted by Crippen LogP contribution is 2.25. The molecule has 1 fully saturated rings. The van der Waals surface area contributed by atoms with Crippen LogP contribution in [0.4, 0.5) is 4.79 Å². The Hall–Kier alpha value is -2.01. The lowest BCUT2D eigenvalue weighted by Crippen LogP contribution is -2.35. The zero-order valence-corrected chi connectivity index (χ0v) is 12.4. The molecular weight excluding hydrogens is 294 g/mol. The van der Waals surface area contributed by atoms with Gasteiger partial charge in [-0.05, 0) is 30.5 Å². The van der Waals surface area contributed by atoms with E-state index in [1.807, 2.05) is 6.08 Å². The number of benzene rings is 1. The standard InChI is InChI=1S/C15H16ClNO4/c1-21-14(18)12-3-2-11(13(16)9-12)8-10-4-6-17(7-5-10)15(19)20/h2-3,8-9H,4-7H2,1H3,(H,19,20). The fourth-order valence-corrected chi connectivity index (χ4v) is 2.47. The van der Waals surface area contributed by atoms with Crippen LogP contribution in [0, 0.1) is 0 Å². The van der Waals surface area contributed by atoms with Crippen molar-refractivity contribution in [3.63, 3.8) is 0 Å². The summed E-state index contributed by atoms with van der Waals surface area (Å²) in [6, 6.07) is 5.01. The van der Waals surface area contributed by atoms with E-state index in [2.05, 4.69) is 4.74 Å². The van der Waals surface area contributed by atoms with Gasteiger partial charge in [-0.2, -0.15) is 0 Å². The number of nitrogens with zero attached hydrogens (tertiary/aromatic N) is 1. The molecule has 1 aromatic rings. The number of amides is 1. The quantitative estimate of drug-likeness (QED) is 0.851. The van der Waals surface area contributed by atoms with E-state index in [-0.39, 0.29) is 0 Å². The van der Waals surface area contributed by atoms with E-state index >= 15 is 0 Å². The Balaban J connectivity index is 2.11. The number of methoxy groups -OCH3 is 1. The van der Waals surface area contributed by atoms with Gasteiger partial charge in [-0.25, -0.2) is 9.59 Å². The summed E-state index contributed by atoms with van der Waals surface area (Å²) in [6.07, 6.45) is 2.47. The molecule has 2 rings (SSSR count). The molecule has 0 atom stereocenters. The van der Waals surface area contributed by atoms with Crippen LogP contribution >= 0.6 is 11.6 Å². The van der Waals surface area contributed by atoms with Gasteiger partial charge < -0.3 is 14.7 Å². The number of esters is 1. The third kappa shape index (κ3) is 3.76. The Kier molecular flexibility index (Phi) is 4.85. The van der Waals surface area contributed by atoms with Crippen molar-refractivity contribution in [2.45, 2.75) is 12.8 Å². The van der Waals surface area contributed by atoms with Crippen molar-refractivity contribution in [3.05, 3.63) is 39.9 Å². The molecule has 1 aliphatic heterocycles. The average molecular weight is 310 g/mol. The molecule has 1 aliphatic rings. The van der Waals surface area contributed by atoms with Crippen molar-refractivity contribution >= 4 is 29.7 Å². The molecule has 1 saturated heterocycles. The normalized spacial score (nSPS) is 14.8. The van der Waals surface area contributed by atoms with Gasteiger partial charge in [0.1, 0.15) is 0 Å². The SMILES string of the molecule is COC(=O)c1ccc(C=C2CCN(C(=O)O)CC2)c(Cl)c1. The molecule has 112 valence electrons. The first-order valence-corrected chi connectivity index (χ1v) is 6.94. The van der Waals surface area contributed by atoms with Gasteiger partial charge in [0.15, 0.2) is 0 Å². The lowest BCUT2D eigenvalue weighted by Gasteiger charge is -2.25. The molecule has 1 heterocycles. The number of likely N-dealkylation sites (tertiary alicyclic amines) is 1. The van der Waals surface area contributed by atoms with Gasteiger partial charge in [-0.15, -0.1) is 0 Å². The molecule has 1 aromatic carbocycles. The van der Waals surface area contributed by atoms with Gasteiger partial charge in [0.2, 0.25) is 0 Å². The van der Waals surface area contributed by atoms with E-state index in [4.69, 9.17) is 16.7 Å². The maximum Gasteiger partial charge on any atom is 0.407 e. The average Bonchev–Trinajstić information content (AvgIpc) is 2.49. The fraction of sp³-hybridized carbons (Fsp3) is 0.333. The van der Waals surface area contributed by atoms with Gasteiger partial charge in [0, 0.05) is 18.1 Å². The summed E-state index contributed by atoms with van der Waals surface area (Å²) in [6.45, 7) is 0.998. The van der Waals surface area contributed by atoms with Crippen LogP contribution < -0.4 is 0 Å². The van der Waals surface area contributed by atoms with Gasteiger partial charge >= 0.3 is 12.1 Å². The van der Waals surface area contributed by atoms with Crippen molar-refractivity contribution in [1.82, 2.24) is 4.90 Å². The fourth-order valence-electron chi connectivity index (χ4n) is 2.24. The second-order valence-corrected chi connectivity index (χ2v) is 5.21. The smallest absolute Gasteiger partial charge is 0.407 e. The van der Waals surface area contributed by atoms with Crippen LogP contribution in [-0.4, -0.2) is 42.3 Å². The first kappa shape index (κ1) is 15.4. The number of hydrogen-bond donors (Lipinski definition) is 1. The molecule has 6 heteroatoms. The number of hydrogen-bond acceptors (Lipinski definition) is 3. The zero-order valence-electron chi connectivity index (χ0n) is 11.6.